The molecule has 0 fully saturated rings. The minimum atomic E-state index is -3.63. The third-order valence-corrected chi connectivity index (χ3v) is 7.02. The highest BCUT2D eigenvalue weighted by Crippen LogP contribution is 2.28. The molecule has 1 N–H and O–H groups in total. The van der Waals surface area contributed by atoms with E-state index in [1.54, 1.807) is 18.2 Å². The molecule has 3 aromatic carbocycles. The summed E-state index contributed by atoms with van der Waals surface area (Å²) in [5.41, 5.74) is 3.58. The van der Waals surface area contributed by atoms with Crippen LogP contribution in [0.2, 0.25) is 0 Å². The molecule has 0 unspecified atom stereocenters. The van der Waals surface area contributed by atoms with E-state index in [9.17, 15) is 13.7 Å². The summed E-state index contributed by atoms with van der Waals surface area (Å²) in [5, 5.41) is 12.0. The van der Waals surface area contributed by atoms with E-state index in [4.69, 9.17) is 6.42 Å². The molecule has 6 nitrogen and oxygen atoms in total. The van der Waals surface area contributed by atoms with Gasteiger partial charge in [-0.25, -0.2) is 13.4 Å². The van der Waals surface area contributed by atoms with Gasteiger partial charge in [0.05, 0.1) is 18.0 Å². The van der Waals surface area contributed by atoms with Gasteiger partial charge in [0.1, 0.15) is 17.4 Å². The van der Waals surface area contributed by atoms with Crippen molar-refractivity contribution < 1.29 is 8.42 Å². The zero-order chi connectivity index (χ0) is 24.4. The third kappa shape index (κ3) is 4.59. The number of sulfonamides is 1. The summed E-state index contributed by atoms with van der Waals surface area (Å²) in [6.07, 6.45) is 5.78. The van der Waals surface area contributed by atoms with Crippen molar-refractivity contribution in [3.63, 3.8) is 0 Å². The molecule has 0 bridgehead atoms. The Balaban J connectivity index is 1.58. The summed E-state index contributed by atoms with van der Waals surface area (Å²) in [7, 11) is -3.63. The zero-order valence-electron chi connectivity index (χ0n) is 18.6. The number of fused-ring (bicyclic) bond motifs is 2. The van der Waals surface area contributed by atoms with Gasteiger partial charge in [-0.1, -0.05) is 60.5 Å². The molecule has 2 heterocycles. The highest BCUT2D eigenvalue weighted by Gasteiger charge is 2.16. The van der Waals surface area contributed by atoms with E-state index in [-0.39, 0.29) is 5.75 Å². The molecular weight excluding hydrogens is 456 g/mol. The highest BCUT2D eigenvalue weighted by molar-refractivity contribution is 7.91. The van der Waals surface area contributed by atoms with Gasteiger partial charge in [0.25, 0.3) is 0 Å². The van der Waals surface area contributed by atoms with Gasteiger partial charge in [0.15, 0.2) is 0 Å². The lowest BCUT2D eigenvalue weighted by molar-refractivity contribution is 0.600. The van der Waals surface area contributed by atoms with Gasteiger partial charge in [0.2, 0.25) is 10.0 Å². The van der Waals surface area contributed by atoms with E-state index in [1.165, 1.54) is 0 Å². The largest absolute Gasteiger partial charge is 0.314 e. The average molecular weight is 477 g/mol. The fourth-order valence-electron chi connectivity index (χ4n) is 4.23. The van der Waals surface area contributed by atoms with Crippen LogP contribution in [0.5, 0.6) is 0 Å². The molecule has 170 valence electrons. The van der Waals surface area contributed by atoms with Gasteiger partial charge in [-0.2, -0.15) is 5.26 Å². The monoisotopic (exact) mass is 476 g/mol. The van der Waals surface area contributed by atoms with Crippen LogP contribution in [0.4, 0.5) is 5.69 Å². The SMILES string of the molecule is C#Cc1cc2ccc(C#N)nc2n1Cc1cc(NS(=O)(=O)Cc2ccccc2)cc2ccccc12. The van der Waals surface area contributed by atoms with Crippen molar-refractivity contribution in [1.29, 1.82) is 5.26 Å². The fourth-order valence-corrected chi connectivity index (χ4v) is 5.41. The molecule has 35 heavy (non-hydrogen) atoms. The van der Waals surface area contributed by atoms with Crippen molar-refractivity contribution in [3.05, 3.63) is 107 Å². The Morgan fingerprint density at radius 1 is 0.943 bits per heavy atom. The van der Waals surface area contributed by atoms with Crippen molar-refractivity contribution in [3.8, 4) is 18.4 Å². The molecule has 7 heteroatoms. The van der Waals surface area contributed by atoms with Crippen LogP contribution in [0.25, 0.3) is 21.8 Å². The molecule has 5 aromatic rings. The normalized spacial score (nSPS) is 11.3. The maximum Gasteiger partial charge on any atom is 0.236 e. The van der Waals surface area contributed by atoms with Gasteiger partial charge >= 0.3 is 0 Å². The number of terminal acetylenes is 1. The first kappa shape index (κ1) is 22.2. The molecule has 0 atom stereocenters. The lowest BCUT2D eigenvalue weighted by Crippen LogP contribution is -2.15. The Hall–Kier alpha value is -4.59. The predicted molar refractivity (Wildman–Crippen MR) is 138 cm³/mol. The first-order valence-electron chi connectivity index (χ1n) is 10.9. The second kappa shape index (κ2) is 8.98. The summed E-state index contributed by atoms with van der Waals surface area (Å²) in [4.78, 5) is 4.46. The maximum atomic E-state index is 12.9. The van der Waals surface area contributed by atoms with E-state index in [0.29, 0.717) is 34.8 Å². The maximum absolute atomic E-state index is 12.9. The minimum absolute atomic E-state index is 0.125. The number of hydrogen-bond acceptors (Lipinski definition) is 4. The van der Waals surface area contributed by atoms with Crippen molar-refractivity contribution in [2.75, 3.05) is 4.72 Å². The summed E-state index contributed by atoms with van der Waals surface area (Å²) in [6, 6.07) is 27.9. The van der Waals surface area contributed by atoms with E-state index in [0.717, 1.165) is 21.7 Å². The third-order valence-electron chi connectivity index (χ3n) is 5.76. The molecule has 5 rings (SSSR count). The van der Waals surface area contributed by atoms with Crippen LogP contribution in [0.3, 0.4) is 0 Å². The first-order valence-corrected chi connectivity index (χ1v) is 12.5. The molecule has 0 saturated carbocycles. The molecule has 0 aliphatic heterocycles. The molecular formula is C28H20N4O2S. The molecule has 0 spiro atoms. The number of anilines is 1. The summed E-state index contributed by atoms with van der Waals surface area (Å²) < 4.78 is 30.4. The van der Waals surface area contributed by atoms with Gasteiger partial charge < -0.3 is 4.57 Å². The van der Waals surface area contributed by atoms with Crippen molar-refractivity contribution in [1.82, 2.24) is 9.55 Å². The van der Waals surface area contributed by atoms with Gasteiger partial charge in [-0.05, 0) is 52.2 Å². The molecule has 0 radical (unpaired) electrons. The molecule has 0 aliphatic carbocycles. The van der Waals surface area contributed by atoms with Gasteiger partial charge in [0, 0.05) is 11.1 Å². The Morgan fingerprint density at radius 2 is 1.71 bits per heavy atom. The van der Waals surface area contributed by atoms with Crippen LogP contribution in [0, 0.1) is 23.7 Å². The van der Waals surface area contributed by atoms with Crippen LogP contribution in [0.1, 0.15) is 22.5 Å². The zero-order valence-corrected chi connectivity index (χ0v) is 19.5. The Morgan fingerprint density at radius 3 is 2.49 bits per heavy atom. The van der Waals surface area contributed by atoms with E-state index in [2.05, 4.69) is 21.7 Å². The number of nitrogens with one attached hydrogen (secondary N) is 1. The number of rotatable bonds is 6. The van der Waals surface area contributed by atoms with Crippen molar-refractivity contribution >= 4 is 37.5 Å². The lowest BCUT2D eigenvalue weighted by atomic mass is 10.0. The van der Waals surface area contributed by atoms with Crippen molar-refractivity contribution in [2.24, 2.45) is 0 Å². The Bertz CT molecular complexity index is 1760. The molecule has 0 aliphatic rings. The summed E-state index contributed by atoms with van der Waals surface area (Å²) in [5.74, 6) is 2.57. The van der Waals surface area contributed by atoms with E-state index in [1.807, 2.05) is 71.3 Å². The standard InChI is InChI=1S/C28H20N4O2S/c1-2-26-16-22-12-13-24(17-29)30-28(22)32(26)18-23-15-25(14-21-10-6-7-11-27(21)23)31-35(33,34)19-20-8-4-3-5-9-20/h1,3-16,31H,18-19H2. The molecule has 2 aromatic heterocycles. The summed E-state index contributed by atoms with van der Waals surface area (Å²) >= 11 is 0. The highest BCUT2D eigenvalue weighted by atomic mass is 32.2. The molecule has 0 saturated heterocycles. The topological polar surface area (TPSA) is 87.8 Å². The molecule has 0 amide bonds. The number of benzene rings is 3. The number of pyridine rings is 1. The number of hydrogen-bond donors (Lipinski definition) is 1. The van der Waals surface area contributed by atoms with E-state index >= 15 is 0 Å². The van der Waals surface area contributed by atoms with Crippen LogP contribution in [-0.4, -0.2) is 18.0 Å². The quantitative estimate of drug-likeness (QED) is 0.348. The van der Waals surface area contributed by atoms with Gasteiger partial charge in [-0.3, -0.25) is 4.72 Å². The minimum Gasteiger partial charge on any atom is -0.314 e. The van der Waals surface area contributed by atoms with Crippen LogP contribution < -0.4 is 4.72 Å². The van der Waals surface area contributed by atoms with Crippen LogP contribution in [0.15, 0.2) is 84.9 Å². The second-order valence-electron chi connectivity index (χ2n) is 8.18. The summed E-state index contributed by atoms with van der Waals surface area (Å²) in [6.45, 7) is 0.361. The Kier molecular flexibility index (Phi) is 5.70. The van der Waals surface area contributed by atoms with Crippen LogP contribution >= 0.6 is 0 Å². The van der Waals surface area contributed by atoms with E-state index < -0.39 is 10.0 Å². The number of aromatic nitrogens is 2. The Labute approximate surface area is 203 Å². The predicted octanol–water partition coefficient (Wildman–Crippen LogP) is 5.03. The number of nitrogens with zero attached hydrogens (tertiary/aromatic N) is 3. The lowest BCUT2D eigenvalue weighted by Gasteiger charge is -2.14. The smallest absolute Gasteiger partial charge is 0.236 e. The fraction of sp³-hybridized carbons (Fsp3) is 0.0714. The average Bonchev–Trinajstić information content (AvgIpc) is 3.20. The number of nitriles is 1. The van der Waals surface area contributed by atoms with Crippen LogP contribution in [-0.2, 0) is 22.3 Å². The second-order valence-corrected chi connectivity index (χ2v) is 9.91. The van der Waals surface area contributed by atoms with Gasteiger partial charge in [-0.15, -0.1) is 6.42 Å². The first-order chi connectivity index (χ1) is 17.0. The van der Waals surface area contributed by atoms with Crippen molar-refractivity contribution in [2.45, 2.75) is 12.3 Å².